The Morgan fingerprint density at radius 3 is 2.52 bits per heavy atom. The fraction of sp³-hybridized carbons (Fsp3) is 0.409. The van der Waals surface area contributed by atoms with E-state index in [-0.39, 0.29) is 4.90 Å². The maximum absolute atomic E-state index is 12.8. The number of rotatable bonds is 7. The van der Waals surface area contributed by atoms with E-state index in [1.165, 1.54) is 12.3 Å². The van der Waals surface area contributed by atoms with Crippen LogP contribution in [0.5, 0.6) is 0 Å². The third-order valence-electron chi connectivity index (χ3n) is 5.87. The summed E-state index contributed by atoms with van der Waals surface area (Å²) in [5, 5.41) is 0.946. The monoisotopic (exact) mass is 448 g/mol. The van der Waals surface area contributed by atoms with E-state index in [1.54, 1.807) is 6.07 Å². The van der Waals surface area contributed by atoms with Crippen molar-refractivity contribution in [2.75, 3.05) is 19.1 Å². The second-order valence-electron chi connectivity index (χ2n) is 8.10. The van der Waals surface area contributed by atoms with Gasteiger partial charge in [0.25, 0.3) is 0 Å². The van der Waals surface area contributed by atoms with Gasteiger partial charge in [0, 0.05) is 17.6 Å². The van der Waals surface area contributed by atoms with Crippen molar-refractivity contribution in [1.82, 2.24) is 14.3 Å². The number of pyridine rings is 1. The summed E-state index contributed by atoms with van der Waals surface area (Å²) in [6, 6.07) is 8.02. The molecule has 0 radical (unpaired) electrons. The van der Waals surface area contributed by atoms with Gasteiger partial charge in [-0.2, -0.15) is 0 Å². The summed E-state index contributed by atoms with van der Waals surface area (Å²) in [5.41, 5.74) is 10.7. The van der Waals surface area contributed by atoms with Crippen molar-refractivity contribution < 1.29 is 17.2 Å². The Labute approximate surface area is 180 Å². The lowest BCUT2D eigenvalue weighted by Crippen LogP contribution is -2.37. The normalized spacial score (nSPS) is 15.4. The number of fused-ring (bicyclic) bond motifs is 1. The molecule has 9 heteroatoms. The van der Waals surface area contributed by atoms with Crippen LogP contribution in [0.15, 0.2) is 41.4 Å². The second kappa shape index (κ2) is 8.55. The highest BCUT2D eigenvalue weighted by Gasteiger charge is 2.26. The number of hydrogen-bond donors (Lipinski definition) is 2. The summed E-state index contributed by atoms with van der Waals surface area (Å²) in [7, 11) is -4.08. The minimum Gasteiger partial charge on any atom is -0.396 e. The third kappa shape index (κ3) is 4.04. The maximum atomic E-state index is 12.8. The zero-order valence-electron chi connectivity index (χ0n) is 17.3. The molecule has 1 saturated carbocycles. The highest BCUT2D eigenvalue weighted by atomic mass is 32.2. The predicted octanol–water partition coefficient (Wildman–Crippen LogP) is 4.29. The summed E-state index contributed by atoms with van der Waals surface area (Å²) < 4.78 is 54.6. The van der Waals surface area contributed by atoms with Crippen LogP contribution in [0.25, 0.3) is 22.3 Å². The average molecular weight is 449 g/mol. The van der Waals surface area contributed by atoms with Crippen molar-refractivity contribution in [1.29, 1.82) is 0 Å². The Kier molecular flexibility index (Phi) is 5.98. The van der Waals surface area contributed by atoms with Gasteiger partial charge in [-0.15, -0.1) is 0 Å². The zero-order valence-corrected chi connectivity index (χ0v) is 18.1. The SMILES string of the molecule is Cc1ccc2c(N)c(-c3ccc(S(=O)(=O)NC(CF)CF)cn3)n(C3CCCC3)c2c1. The van der Waals surface area contributed by atoms with Gasteiger partial charge in [0.1, 0.15) is 18.2 Å². The minimum absolute atomic E-state index is 0.152. The minimum atomic E-state index is -4.08. The van der Waals surface area contributed by atoms with Gasteiger partial charge in [0.2, 0.25) is 10.0 Å². The van der Waals surface area contributed by atoms with Crippen LogP contribution in [-0.4, -0.2) is 37.4 Å². The van der Waals surface area contributed by atoms with Crippen molar-refractivity contribution in [3.63, 3.8) is 0 Å². The molecule has 1 aliphatic carbocycles. The van der Waals surface area contributed by atoms with E-state index >= 15 is 0 Å². The predicted molar refractivity (Wildman–Crippen MR) is 118 cm³/mol. The number of nitrogens with one attached hydrogen (secondary N) is 1. The number of sulfonamides is 1. The number of halogens is 2. The number of alkyl halides is 2. The van der Waals surface area contributed by atoms with E-state index in [0.717, 1.165) is 47.8 Å². The van der Waals surface area contributed by atoms with Crippen LogP contribution in [0, 0.1) is 6.92 Å². The van der Waals surface area contributed by atoms with Crippen molar-refractivity contribution in [3.8, 4) is 11.4 Å². The molecule has 0 spiro atoms. The third-order valence-corrected chi connectivity index (χ3v) is 7.38. The molecule has 166 valence electrons. The van der Waals surface area contributed by atoms with E-state index in [9.17, 15) is 17.2 Å². The fourth-order valence-electron chi connectivity index (χ4n) is 4.32. The summed E-state index contributed by atoms with van der Waals surface area (Å²) in [6.07, 6.45) is 5.60. The molecule has 0 amide bonds. The molecular weight excluding hydrogens is 422 g/mol. The highest BCUT2D eigenvalue weighted by molar-refractivity contribution is 7.89. The molecule has 0 aliphatic heterocycles. The molecule has 1 aliphatic rings. The molecule has 2 aromatic heterocycles. The maximum Gasteiger partial charge on any atom is 0.242 e. The van der Waals surface area contributed by atoms with Crippen molar-refractivity contribution in [2.24, 2.45) is 0 Å². The number of anilines is 1. The van der Waals surface area contributed by atoms with Crippen LogP contribution < -0.4 is 10.5 Å². The van der Waals surface area contributed by atoms with E-state index < -0.39 is 29.4 Å². The van der Waals surface area contributed by atoms with Gasteiger partial charge in [-0.05, 0) is 43.5 Å². The molecule has 1 aromatic carbocycles. The van der Waals surface area contributed by atoms with Crippen LogP contribution in [0.1, 0.15) is 37.3 Å². The zero-order chi connectivity index (χ0) is 22.2. The van der Waals surface area contributed by atoms with Gasteiger partial charge in [0.15, 0.2) is 0 Å². The molecule has 0 saturated heterocycles. The molecule has 1 fully saturated rings. The number of benzene rings is 1. The number of nitrogen functional groups attached to an aromatic ring is 1. The first-order chi connectivity index (χ1) is 14.9. The summed E-state index contributed by atoms with van der Waals surface area (Å²) in [6.45, 7) is -0.217. The first kappa shape index (κ1) is 21.7. The van der Waals surface area contributed by atoms with E-state index in [1.807, 2.05) is 23.8 Å². The lowest BCUT2D eigenvalue weighted by molar-refractivity contribution is 0.334. The van der Waals surface area contributed by atoms with Crippen LogP contribution >= 0.6 is 0 Å². The van der Waals surface area contributed by atoms with Gasteiger partial charge >= 0.3 is 0 Å². The second-order valence-corrected chi connectivity index (χ2v) is 9.81. The molecule has 0 bridgehead atoms. The van der Waals surface area contributed by atoms with Gasteiger partial charge in [-0.3, -0.25) is 4.98 Å². The number of hydrogen-bond acceptors (Lipinski definition) is 4. The highest BCUT2D eigenvalue weighted by Crippen LogP contribution is 2.42. The van der Waals surface area contributed by atoms with Gasteiger partial charge < -0.3 is 10.3 Å². The molecule has 0 unspecified atom stereocenters. The van der Waals surface area contributed by atoms with Gasteiger partial charge in [-0.1, -0.05) is 25.0 Å². The van der Waals surface area contributed by atoms with Crippen molar-refractivity contribution in [3.05, 3.63) is 42.1 Å². The molecule has 3 N–H and O–H groups in total. The number of nitrogens with zero attached hydrogens (tertiary/aromatic N) is 2. The molecule has 31 heavy (non-hydrogen) atoms. The largest absolute Gasteiger partial charge is 0.396 e. The molecule has 2 heterocycles. The standard InChI is InChI=1S/C22H26F2N4O2S/c1-14-6-8-18-20(10-14)28(16-4-2-3-5-16)22(21(18)25)19-9-7-17(13-26-19)31(29,30)27-15(11-23)12-24/h6-10,13,15-16,27H,2-5,11-12,25H2,1H3. The molecule has 3 aromatic rings. The Bertz CT molecular complexity index is 1180. The lowest BCUT2D eigenvalue weighted by Gasteiger charge is -2.18. The van der Waals surface area contributed by atoms with E-state index in [2.05, 4.69) is 15.6 Å². The topological polar surface area (TPSA) is 90.0 Å². The Balaban J connectivity index is 1.79. The van der Waals surface area contributed by atoms with Crippen LogP contribution in [0.4, 0.5) is 14.5 Å². The van der Waals surface area contributed by atoms with Crippen molar-refractivity contribution >= 4 is 26.6 Å². The Hall–Kier alpha value is -2.52. The van der Waals surface area contributed by atoms with Crippen molar-refractivity contribution in [2.45, 2.75) is 49.6 Å². The lowest BCUT2D eigenvalue weighted by atomic mass is 10.1. The summed E-state index contributed by atoms with van der Waals surface area (Å²) in [5.74, 6) is 0. The molecule has 4 rings (SSSR count). The first-order valence-electron chi connectivity index (χ1n) is 10.4. The van der Waals surface area contributed by atoms with E-state index in [4.69, 9.17) is 5.73 Å². The summed E-state index contributed by atoms with van der Waals surface area (Å²) >= 11 is 0. The molecular formula is C22H26F2N4O2S. The fourth-order valence-corrected chi connectivity index (χ4v) is 5.46. The van der Waals surface area contributed by atoms with Crippen LogP contribution in [0.3, 0.4) is 0 Å². The molecule has 6 nitrogen and oxygen atoms in total. The summed E-state index contributed by atoms with van der Waals surface area (Å²) in [4.78, 5) is 4.23. The quantitative estimate of drug-likeness (QED) is 0.564. The average Bonchev–Trinajstić information content (AvgIpc) is 3.38. The van der Waals surface area contributed by atoms with Crippen LogP contribution in [-0.2, 0) is 10.0 Å². The first-order valence-corrected chi connectivity index (χ1v) is 11.8. The Morgan fingerprint density at radius 2 is 1.90 bits per heavy atom. The Morgan fingerprint density at radius 1 is 1.19 bits per heavy atom. The number of aromatic nitrogens is 2. The van der Waals surface area contributed by atoms with E-state index in [0.29, 0.717) is 17.4 Å². The van der Waals surface area contributed by atoms with Crippen LogP contribution in [0.2, 0.25) is 0 Å². The smallest absolute Gasteiger partial charge is 0.242 e. The molecule has 0 atom stereocenters. The number of nitrogens with two attached hydrogens (primary N) is 1. The van der Waals surface area contributed by atoms with Gasteiger partial charge in [-0.25, -0.2) is 21.9 Å². The van der Waals surface area contributed by atoms with Gasteiger partial charge in [0.05, 0.1) is 28.6 Å². The number of aryl methyl sites for hydroxylation is 1.